The van der Waals surface area contributed by atoms with Gasteiger partial charge in [0.2, 0.25) is 0 Å². The summed E-state index contributed by atoms with van der Waals surface area (Å²) in [7, 11) is 0. The molecule has 0 heterocycles. The van der Waals surface area contributed by atoms with E-state index in [1.165, 1.54) is 0 Å². The van der Waals surface area contributed by atoms with E-state index in [1.54, 1.807) is 0 Å². The summed E-state index contributed by atoms with van der Waals surface area (Å²) < 4.78 is 0. The highest BCUT2D eigenvalue weighted by molar-refractivity contribution is 6.10. The third kappa shape index (κ3) is 3.96. The molecule has 1 aliphatic rings. The van der Waals surface area contributed by atoms with E-state index in [1.807, 2.05) is 0 Å². The minimum Gasteiger partial charge on any atom is -0.289 e. The molecular weight excluding hydrogens is 196 g/mol. The molecule has 1 nitrogen and oxygen atoms in total. The van der Waals surface area contributed by atoms with Crippen LogP contribution in [0.2, 0.25) is 0 Å². The molecule has 90 valence electrons. The quantitative estimate of drug-likeness (QED) is 0.556. The van der Waals surface area contributed by atoms with E-state index in [4.69, 9.17) is 0 Å². The fraction of sp³-hybridized carbons (Fsp3) is 0.667. The standard InChI is InChI=1S/C15H24O/c1-14(2,3)9-11-7-8-12(13(11)16)10-15(4,5)6/h9-10H,7-8H2,1-6H3/b11-9-,12-10+. The summed E-state index contributed by atoms with van der Waals surface area (Å²) in [6, 6.07) is 0. The van der Waals surface area contributed by atoms with Crippen LogP contribution in [0.3, 0.4) is 0 Å². The number of ketones is 1. The van der Waals surface area contributed by atoms with E-state index in [9.17, 15) is 4.79 Å². The summed E-state index contributed by atoms with van der Waals surface area (Å²) in [4.78, 5) is 12.1. The molecule has 0 saturated heterocycles. The molecule has 0 radical (unpaired) electrons. The highest BCUT2D eigenvalue weighted by Gasteiger charge is 2.26. The Kier molecular flexibility index (Phi) is 3.47. The molecule has 0 aliphatic heterocycles. The summed E-state index contributed by atoms with van der Waals surface area (Å²) in [5.74, 6) is 0.268. The summed E-state index contributed by atoms with van der Waals surface area (Å²) in [5, 5.41) is 0. The SMILES string of the molecule is CC(C)(C)/C=C1/CC/C(=C\C(C)(C)C)C1=O. The average Bonchev–Trinajstić information content (AvgIpc) is 2.30. The number of carbonyl (C=O) groups excluding carboxylic acids is 1. The highest BCUT2D eigenvalue weighted by atomic mass is 16.1. The van der Waals surface area contributed by atoms with E-state index in [-0.39, 0.29) is 16.6 Å². The zero-order chi connectivity index (χ0) is 12.6. The van der Waals surface area contributed by atoms with Crippen LogP contribution < -0.4 is 0 Å². The van der Waals surface area contributed by atoms with Gasteiger partial charge in [-0.3, -0.25) is 4.79 Å². The van der Waals surface area contributed by atoms with Gasteiger partial charge < -0.3 is 0 Å². The lowest BCUT2D eigenvalue weighted by atomic mass is 9.91. The van der Waals surface area contributed by atoms with E-state index >= 15 is 0 Å². The van der Waals surface area contributed by atoms with Gasteiger partial charge in [0.15, 0.2) is 5.78 Å². The van der Waals surface area contributed by atoms with Gasteiger partial charge in [-0.1, -0.05) is 53.7 Å². The summed E-state index contributed by atoms with van der Waals surface area (Å²) in [6.07, 6.45) is 6.08. The van der Waals surface area contributed by atoms with Crippen molar-refractivity contribution in [3.8, 4) is 0 Å². The zero-order valence-corrected chi connectivity index (χ0v) is 11.5. The van der Waals surface area contributed by atoms with E-state index in [0.29, 0.717) is 0 Å². The number of rotatable bonds is 0. The van der Waals surface area contributed by atoms with Gasteiger partial charge in [0.05, 0.1) is 0 Å². The van der Waals surface area contributed by atoms with Crippen molar-refractivity contribution in [3.63, 3.8) is 0 Å². The third-order valence-corrected chi connectivity index (χ3v) is 2.46. The van der Waals surface area contributed by atoms with Gasteiger partial charge in [-0.15, -0.1) is 0 Å². The summed E-state index contributed by atoms with van der Waals surface area (Å²) in [6.45, 7) is 12.8. The van der Waals surface area contributed by atoms with Gasteiger partial charge in [-0.2, -0.15) is 0 Å². The maximum absolute atomic E-state index is 12.1. The summed E-state index contributed by atoms with van der Waals surface area (Å²) in [5.41, 5.74) is 2.20. The van der Waals surface area contributed by atoms with E-state index in [2.05, 4.69) is 53.7 Å². The average molecular weight is 220 g/mol. The minimum atomic E-state index is 0.0994. The van der Waals surface area contributed by atoms with Crippen molar-refractivity contribution in [2.24, 2.45) is 10.8 Å². The Hall–Kier alpha value is -0.850. The second-order valence-electron chi connectivity index (χ2n) is 6.90. The van der Waals surface area contributed by atoms with Gasteiger partial charge in [-0.05, 0) is 34.8 Å². The molecule has 0 aromatic carbocycles. The molecule has 0 bridgehead atoms. The van der Waals surface area contributed by atoms with Crippen LogP contribution >= 0.6 is 0 Å². The molecule has 1 aliphatic carbocycles. The molecule has 0 aromatic heterocycles. The Balaban J connectivity index is 2.92. The lowest BCUT2D eigenvalue weighted by Gasteiger charge is -2.14. The van der Waals surface area contributed by atoms with Crippen molar-refractivity contribution < 1.29 is 4.79 Å². The van der Waals surface area contributed by atoms with Crippen LogP contribution in [0.5, 0.6) is 0 Å². The molecule has 1 fully saturated rings. The van der Waals surface area contributed by atoms with Crippen molar-refractivity contribution in [1.29, 1.82) is 0 Å². The molecule has 0 spiro atoms. The molecule has 0 amide bonds. The molecule has 0 atom stereocenters. The topological polar surface area (TPSA) is 17.1 Å². The monoisotopic (exact) mass is 220 g/mol. The maximum Gasteiger partial charge on any atom is 0.184 e. The van der Waals surface area contributed by atoms with E-state index < -0.39 is 0 Å². The predicted octanol–water partition coefficient (Wildman–Crippen LogP) is 4.29. The van der Waals surface area contributed by atoms with Crippen LogP contribution in [0.15, 0.2) is 23.3 Å². The lowest BCUT2D eigenvalue weighted by molar-refractivity contribution is -0.111. The van der Waals surface area contributed by atoms with Crippen LogP contribution in [0.25, 0.3) is 0 Å². The first-order valence-corrected chi connectivity index (χ1v) is 6.07. The Morgan fingerprint density at radius 3 is 1.38 bits per heavy atom. The lowest BCUT2D eigenvalue weighted by Crippen LogP contribution is -2.07. The predicted molar refractivity (Wildman–Crippen MR) is 69.3 cm³/mol. The smallest absolute Gasteiger partial charge is 0.184 e. The van der Waals surface area contributed by atoms with Crippen LogP contribution in [0.1, 0.15) is 54.4 Å². The van der Waals surface area contributed by atoms with Gasteiger partial charge in [0, 0.05) is 0 Å². The first kappa shape index (κ1) is 13.2. The molecule has 1 heteroatoms. The zero-order valence-electron chi connectivity index (χ0n) is 11.5. The molecule has 0 aromatic rings. The van der Waals surface area contributed by atoms with Crippen LogP contribution in [-0.2, 0) is 4.79 Å². The van der Waals surface area contributed by atoms with Crippen LogP contribution in [0.4, 0.5) is 0 Å². The normalized spacial score (nSPS) is 23.5. The van der Waals surface area contributed by atoms with Crippen molar-refractivity contribution in [2.75, 3.05) is 0 Å². The number of hydrogen-bond donors (Lipinski definition) is 0. The Bertz CT molecular complexity index is 309. The first-order chi connectivity index (χ1) is 7.08. The summed E-state index contributed by atoms with van der Waals surface area (Å²) >= 11 is 0. The highest BCUT2D eigenvalue weighted by Crippen LogP contribution is 2.32. The van der Waals surface area contributed by atoms with E-state index in [0.717, 1.165) is 24.0 Å². The van der Waals surface area contributed by atoms with Gasteiger partial charge in [0.1, 0.15) is 0 Å². The van der Waals surface area contributed by atoms with Crippen molar-refractivity contribution >= 4 is 5.78 Å². The second kappa shape index (κ2) is 4.20. The largest absolute Gasteiger partial charge is 0.289 e. The Morgan fingerprint density at radius 1 is 0.812 bits per heavy atom. The van der Waals surface area contributed by atoms with Crippen LogP contribution in [-0.4, -0.2) is 5.78 Å². The third-order valence-electron chi connectivity index (χ3n) is 2.46. The maximum atomic E-state index is 12.1. The first-order valence-electron chi connectivity index (χ1n) is 6.07. The molecular formula is C15H24O. The molecule has 0 N–H and O–H groups in total. The minimum absolute atomic E-state index is 0.0994. The number of allylic oxidation sites excluding steroid dienone is 4. The molecule has 1 rings (SSSR count). The number of carbonyl (C=O) groups is 1. The number of hydrogen-bond acceptors (Lipinski definition) is 1. The van der Waals surface area contributed by atoms with Crippen LogP contribution in [0, 0.1) is 10.8 Å². The molecule has 0 unspecified atom stereocenters. The number of Topliss-reactive ketones (excluding diaryl/α,β-unsaturated/α-hetero) is 1. The molecule has 16 heavy (non-hydrogen) atoms. The molecule has 1 saturated carbocycles. The van der Waals surface area contributed by atoms with Crippen molar-refractivity contribution in [2.45, 2.75) is 54.4 Å². The second-order valence-corrected chi connectivity index (χ2v) is 6.90. The fourth-order valence-electron chi connectivity index (χ4n) is 2.02. The van der Waals surface area contributed by atoms with Gasteiger partial charge in [0.25, 0.3) is 0 Å². The Labute approximate surface area is 99.6 Å². The fourth-order valence-corrected chi connectivity index (χ4v) is 2.02. The van der Waals surface area contributed by atoms with Gasteiger partial charge in [-0.25, -0.2) is 0 Å². The Morgan fingerprint density at radius 2 is 1.12 bits per heavy atom. The van der Waals surface area contributed by atoms with Crippen molar-refractivity contribution in [1.82, 2.24) is 0 Å². The van der Waals surface area contributed by atoms with Crippen molar-refractivity contribution in [3.05, 3.63) is 23.3 Å². The van der Waals surface area contributed by atoms with Gasteiger partial charge >= 0.3 is 0 Å².